The molecule has 1 spiro atoms. The summed E-state index contributed by atoms with van der Waals surface area (Å²) in [4.78, 5) is 16.8. The standard InChI is InChI=1S/C34H38BrIN4O4Si/c1-22-32(45(3,4)28-11-9-27(43-2)10-12-28)31(14-16-39-21-26(15-17-41)37-38-39)44-34(22)29-19-24(35)8-13-30(29)40(33(34)42)20-23-6-5-7-25(36)18-23/h5-13,18-19,21-22,31-32,41H,14-17,20H2,1-4H3/t22-,31+,32-,34+/m1/s1. The van der Waals surface area contributed by atoms with Crippen LogP contribution < -0.4 is 14.8 Å². The third kappa shape index (κ3) is 5.90. The molecule has 2 aliphatic heterocycles. The average molecular weight is 802 g/mol. The molecule has 3 heterocycles. The number of aryl methyl sites for hydroxylation is 1. The maximum atomic E-state index is 14.9. The molecule has 4 aromatic rings. The summed E-state index contributed by atoms with van der Waals surface area (Å²) >= 11 is 6.02. The lowest BCUT2D eigenvalue weighted by Crippen LogP contribution is -2.51. The fourth-order valence-corrected chi connectivity index (χ4v) is 12.5. The Balaban J connectivity index is 1.42. The fraction of sp³-hybridized carbons (Fsp3) is 0.382. The van der Waals surface area contributed by atoms with E-state index in [1.807, 2.05) is 46.1 Å². The summed E-state index contributed by atoms with van der Waals surface area (Å²) in [6.45, 7) is 8.11. The summed E-state index contributed by atoms with van der Waals surface area (Å²) < 4.78 is 16.6. The molecule has 0 aliphatic carbocycles. The average Bonchev–Trinajstić information content (AvgIpc) is 3.66. The Kier molecular flexibility index (Phi) is 9.28. The van der Waals surface area contributed by atoms with Crippen LogP contribution in [-0.2, 0) is 34.6 Å². The first kappa shape index (κ1) is 32.4. The number of hydrogen-bond donors (Lipinski definition) is 1. The summed E-state index contributed by atoms with van der Waals surface area (Å²) in [5.74, 6) is 0.738. The first-order chi connectivity index (χ1) is 21.6. The van der Waals surface area contributed by atoms with Crippen LogP contribution in [0.4, 0.5) is 5.69 Å². The number of aliphatic hydroxyl groups excluding tert-OH is 1. The summed E-state index contributed by atoms with van der Waals surface area (Å²) in [6.07, 6.45) is 2.85. The number of benzene rings is 3. The molecule has 8 nitrogen and oxygen atoms in total. The highest BCUT2D eigenvalue weighted by molar-refractivity contribution is 14.1. The number of carbonyl (C=O) groups is 1. The number of rotatable bonds is 10. The molecule has 0 unspecified atom stereocenters. The third-order valence-corrected chi connectivity index (χ3v) is 15.1. The quantitative estimate of drug-likeness (QED) is 0.156. The van der Waals surface area contributed by atoms with E-state index in [0.717, 1.165) is 36.3 Å². The molecule has 45 heavy (non-hydrogen) atoms. The van der Waals surface area contributed by atoms with Crippen LogP contribution in [0.1, 0.15) is 30.2 Å². The second-order valence-corrected chi connectivity index (χ2v) is 19.4. The van der Waals surface area contributed by atoms with Gasteiger partial charge < -0.3 is 19.5 Å². The minimum absolute atomic E-state index is 0.0000185. The number of hydrogen-bond acceptors (Lipinski definition) is 6. The van der Waals surface area contributed by atoms with Gasteiger partial charge in [0, 0.05) is 45.3 Å². The zero-order chi connectivity index (χ0) is 31.9. The molecule has 0 bridgehead atoms. The molecule has 6 rings (SSSR count). The van der Waals surface area contributed by atoms with E-state index >= 15 is 0 Å². The smallest absolute Gasteiger partial charge is 0.264 e. The van der Waals surface area contributed by atoms with Crippen LogP contribution in [-0.4, -0.2) is 53.9 Å². The van der Waals surface area contributed by atoms with Crippen molar-refractivity contribution in [2.24, 2.45) is 5.92 Å². The van der Waals surface area contributed by atoms with Gasteiger partial charge in [-0.15, -0.1) is 5.10 Å². The van der Waals surface area contributed by atoms with Crippen molar-refractivity contribution in [1.29, 1.82) is 0 Å². The molecule has 1 N–H and O–H groups in total. The van der Waals surface area contributed by atoms with E-state index in [-0.39, 0.29) is 30.1 Å². The number of methoxy groups -OCH3 is 1. The fourth-order valence-electron chi connectivity index (χ4n) is 7.47. The highest BCUT2D eigenvalue weighted by Gasteiger charge is 2.66. The minimum atomic E-state index is -2.26. The maximum Gasteiger partial charge on any atom is 0.264 e. The van der Waals surface area contributed by atoms with Crippen molar-refractivity contribution < 1.29 is 19.4 Å². The van der Waals surface area contributed by atoms with Crippen molar-refractivity contribution in [3.05, 3.63) is 97.8 Å². The Morgan fingerprint density at radius 3 is 2.62 bits per heavy atom. The van der Waals surface area contributed by atoms with E-state index < -0.39 is 13.7 Å². The van der Waals surface area contributed by atoms with Gasteiger partial charge in [-0.1, -0.05) is 70.6 Å². The number of fused-ring (bicyclic) bond motifs is 2. The first-order valence-electron chi connectivity index (χ1n) is 15.3. The number of anilines is 1. The second kappa shape index (κ2) is 12.9. The van der Waals surface area contributed by atoms with Crippen LogP contribution >= 0.6 is 38.5 Å². The molecule has 1 aromatic heterocycles. The summed E-state index contributed by atoms with van der Waals surface area (Å²) in [5, 5.41) is 19.2. The molecule has 2 aliphatic rings. The van der Waals surface area contributed by atoms with E-state index in [2.05, 4.69) is 105 Å². The minimum Gasteiger partial charge on any atom is -0.497 e. The number of nitrogens with zero attached hydrogens (tertiary/aromatic N) is 4. The zero-order valence-electron chi connectivity index (χ0n) is 25.9. The lowest BCUT2D eigenvalue weighted by molar-refractivity contribution is -0.146. The number of ether oxygens (including phenoxy) is 2. The van der Waals surface area contributed by atoms with Crippen molar-refractivity contribution in [3.8, 4) is 5.75 Å². The molecule has 11 heteroatoms. The van der Waals surface area contributed by atoms with E-state index in [1.54, 1.807) is 7.11 Å². The normalized spacial score (nSPS) is 22.8. The maximum absolute atomic E-state index is 14.9. The zero-order valence-corrected chi connectivity index (χ0v) is 30.7. The predicted octanol–water partition coefficient (Wildman–Crippen LogP) is 6.04. The monoisotopic (exact) mass is 800 g/mol. The Labute approximate surface area is 287 Å². The van der Waals surface area contributed by atoms with E-state index in [1.165, 1.54) is 5.19 Å². The van der Waals surface area contributed by atoms with E-state index in [4.69, 9.17) is 9.47 Å². The van der Waals surface area contributed by atoms with Gasteiger partial charge in [-0.05, 0) is 82.6 Å². The Morgan fingerprint density at radius 2 is 1.91 bits per heavy atom. The summed E-state index contributed by atoms with van der Waals surface area (Å²) in [7, 11) is -0.574. The van der Waals surface area contributed by atoms with Gasteiger partial charge >= 0.3 is 0 Å². The van der Waals surface area contributed by atoms with Crippen molar-refractivity contribution in [3.63, 3.8) is 0 Å². The highest BCUT2D eigenvalue weighted by Crippen LogP contribution is 2.60. The second-order valence-electron chi connectivity index (χ2n) is 12.6. The predicted molar refractivity (Wildman–Crippen MR) is 189 cm³/mol. The van der Waals surface area contributed by atoms with Gasteiger partial charge in [-0.3, -0.25) is 9.48 Å². The van der Waals surface area contributed by atoms with Crippen LogP contribution in [0, 0.1) is 9.49 Å². The van der Waals surface area contributed by atoms with Crippen molar-refractivity contribution >= 4 is 63.4 Å². The molecule has 0 saturated carbocycles. The first-order valence-corrected chi connectivity index (χ1v) is 20.2. The number of aliphatic hydroxyl groups is 1. The third-order valence-electron chi connectivity index (χ3n) is 9.62. The van der Waals surface area contributed by atoms with Gasteiger partial charge in [0.05, 0.1) is 39.2 Å². The van der Waals surface area contributed by atoms with Gasteiger partial charge in [0.25, 0.3) is 5.91 Å². The van der Waals surface area contributed by atoms with Crippen LogP contribution in [0.25, 0.3) is 0 Å². The largest absolute Gasteiger partial charge is 0.497 e. The van der Waals surface area contributed by atoms with Crippen LogP contribution in [0.2, 0.25) is 18.6 Å². The Hall–Kier alpha value is -2.58. The topological polar surface area (TPSA) is 89.7 Å². The number of amides is 1. The Bertz CT molecular complexity index is 1700. The number of halogens is 2. The lowest BCUT2D eigenvalue weighted by atomic mass is 9.82. The molecule has 4 atom stereocenters. The van der Waals surface area contributed by atoms with Gasteiger partial charge in [-0.25, -0.2) is 0 Å². The van der Waals surface area contributed by atoms with Crippen molar-refractivity contribution in [1.82, 2.24) is 15.0 Å². The molecule has 236 valence electrons. The lowest BCUT2D eigenvalue weighted by Gasteiger charge is -2.37. The van der Waals surface area contributed by atoms with E-state index in [0.29, 0.717) is 25.9 Å². The number of aromatic nitrogens is 3. The molecule has 1 amide bonds. The molecule has 1 fully saturated rings. The van der Waals surface area contributed by atoms with Gasteiger partial charge in [-0.2, -0.15) is 0 Å². The Morgan fingerprint density at radius 1 is 1.13 bits per heavy atom. The van der Waals surface area contributed by atoms with Gasteiger partial charge in [0.1, 0.15) is 5.75 Å². The summed E-state index contributed by atoms with van der Waals surface area (Å²) in [6, 6.07) is 22.9. The van der Waals surface area contributed by atoms with Gasteiger partial charge in [0.15, 0.2) is 5.60 Å². The molecule has 0 radical (unpaired) electrons. The molecule has 1 saturated heterocycles. The number of carbonyl (C=O) groups excluding carboxylic acids is 1. The van der Waals surface area contributed by atoms with Crippen LogP contribution in [0.3, 0.4) is 0 Å². The van der Waals surface area contributed by atoms with Crippen molar-refractivity contribution in [2.45, 2.75) is 63.2 Å². The SMILES string of the molecule is COc1ccc([Si](C)(C)[C@H]2[C@H](CCn3cc(CCO)nn3)O[C@@]3(C(=O)N(Cc4cccc(I)c4)c4ccc(Br)cc43)[C@@H]2C)cc1. The molecule has 3 aromatic carbocycles. The molecular weight excluding hydrogens is 763 g/mol. The highest BCUT2D eigenvalue weighted by atomic mass is 127. The van der Waals surface area contributed by atoms with Gasteiger partial charge in [0.2, 0.25) is 0 Å². The van der Waals surface area contributed by atoms with Crippen LogP contribution in [0.5, 0.6) is 5.75 Å². The summed E-state index contributed by atoms with van der Waals surface area (Å²) in [5.41, 5.74) is 2.69. The molecular formula is C34H38BrIN4O4Si. The van der Waals surface area contributed by atoms with Crippen molar-refractivity contribution in [2.75, 3.05) is 18.6 Å². The van der Waals surface area contributed by atoms with Crippen LogP contribution in [0.15, 0.2) is 77.4 Å². The van der Waals surface area contributed by atoms with E-state index in [9.17, 15) is 9.90 Å².